The fraction of sp³-hybridized carbons (Fsp3) is 0.105. The van der Waals surface area contributed by atoms with Crippen LogP contribution in [0.4, 0.5) is 0 Å². The van der Waals surface area contributed by atoms with Crippen molar-refractivity contribution < 1.29 is 4.42 Å². The third-order valence-corrected chi connectivity index (χ3v) is 6.16. The first-order valence-electron chi connectivity index (χ1n) is 8.36. The lowest BCUT2D eigenvalue weighted by Crippen LogP contribution is -2.12. The fourth-order valence-corrected chi connectivity index (χ4v) is 4.79. The van der Waals surface area contributed by atoms with Gasteiger partial charge in [0.1, 0.15) is 16.4 Å². The van der Waals surface area contributed by atoms with Crippen LogP contribution >= 0.6 is 23.1 Å². The average molecular weight is 394 g/mol. The third-order valence-electron chi connectivity index (χ3n) is 4.29. The van der Waals surface area contributed by atoms with Crippen LogP contribution in [0.25, 0.3) is 32.6 Å². The van der Waals surface area contributed by atoms with Crippen molar-refractivity contribution in [3.8, 4) is 11.3 Å². The molecular formula is C19H14N4O2S2. The smallest absolute Gasteiger partial charge is 0.260 e. The molecule has 0 amide bonds. The molecule has 0 aliphatic heterocycles. The summed E-state index contributed by atoms with van der Waals surface area (Å²) in [6.45, 7) is 2.00. The van der Waals surface area contributed by atoms with Crippen molar-refractivity contribution in [2.75, 3.05) is 0 Å². The van der Waals surface area contributed by atoms with Crippen LogP contribution in [0.2, 0.25) is 0 Å². The molecule has 0 saturated carbocycles. The zero-order valence-corrected chi connectivity index (χ0v) is 15.9. The quantitative estimate of drug-likeness (QED) is 0.420. The van der Waals surface area contributed by atoms with Crippen molar-refractivity contribution in [3.05, 3.63) is 64.2 Å². The molecule has 27 heavy (non-hydrogen) atoms. The number of benzene rings is 1. The number of H-pyrrole nitrogens is 2. The lowest BCUT2D eigenvalue weighted by molar-refractivity contribution is 0.583. The Morgan fingerprint density at radius 2 is 2.04 bits per heavy atom. The van der Waals surface area contributed by atoms with Crippen LogP contribution in [-0.4, -0.2) is 19.9 Å². The van der Waals surface area contributed by atoms with E-state index in [1.54, 1.807) is 12.3 Å². The van der Waals surface area contributed by atoms with Crippen LogP contribution in [0.15, 0.2) is 62.4 Å². The van der Waals surface area contributed by atoms with Crippen LogP contribution in [0.3, 0.4) is 0 Å². The van der Waals surface area contributed by atoms with Gasteiger partial charge in [-0.3, -0.25) is 4.79 Å². The van der Waals surface area contributed by atoms with Gasteiger partial charge in [-0.1, -0.05) is 23.9 Å². The summed E-state index contributed by atoms with van der Waals surface area (Å²) in [6, 6.07) is 11.5. The van der Waals surface area contributed by atoms with Crippen LogP contribution in [0, 0.1) is 0 Å². The van der Waals surface area contributed by atoms with Crippen molar-refractivity contribution in [2.45, 2.75) is 17.3 Å². The Morgan fingerprint density at radius 1 is 1.15 bits per heavy atom. The Kier molecular flexibility index (Phi) is 3.87. The van der Waals surface area contributed by atoms with E-state index in [1.807, 2.05) is 42.6 Å². The minimum atomic E-state index is -0.153. The highest BCUT2D eigenvalue weighted by molar-refractivity contribution is 7.99. The summed E-state index contributed by atoms with van der Waals surface area (Å²) >= 11 is 2.98. The largest absolute Gasteiger partial charge is 0.464 e. The Hall–Kier alpha value is -2.84. The molecule has 1 atom stereocenters. The molecule has 1 unspecified atom stereocenters. The van der Waals surface area contributed by atoms with Crippen molar-refractivity contribution in [1.29, 1.82) is 0 Å². The first-order chi connectivity index (χ1) is 13.2. The summed E-state index contributed by atoms with van der Waals surface area (Å²) in [4.78, 5) is 28.9. The molecule has 8 heteroatoms. The number of aromatic nitrogens is 4. The molecule has 0 radical (unpaired) electrons. The molecule has 0 fully saturated rings. The fourth-order valence-electron chi connectivity index (χ4n) is 2.98. The van der Waals surface area contributed by atoms with E-state index in [1.165, 1.54) is 23.1 Å². The first-order valence-corrected chi connectivity index (χ1v) is 10.1. The van der Waals surface area contributed by atoms with Gasteiger partial charge in [0.25, 0.3) is 5.56 Å². The molecule has 0 aliphatic carbocycles. The van der Waals surface area contributed by atoms with E-state index in [0.717, 1.165) is 21.8 Å². The molecular weight excluding hydrogens is 380 g/mol. The number of thiophene rings is 1. The predicted molar refractivity (Wildman–Crippen MR) is 108 cm³/mol. The third kappa shape index (κ3) is 2.87. The number of hydrogen-bond donors (Lipinski definition) is 2. The molecule has 4 aromatic heterocycles. The summed E-state index contributed by atoms with van der Waals surface area (Å²) in [7, 11) is 0. The molecule has 2 N–H and O–H groups in total. The summed E-state index contributed by atoms with van der Waals surface area (Å²) in [5.41, 5.74) is 2.54. The van der Waals surface area contributed by atoms with E-state index in [-0.39, 0.29) is 10.8 Å². The number of fused-ring (bicyclic) bond motifs is 2. The molecule has 6 nitrogen and oxygen atoms in total. The number of aromatic amines is 2. The molecule has 0 spiro atoms. The number of furan rings is 1. The van der Waals surface area contributed by atoms with Gasteiger partial charge in [-0.25, -0.2) is 9.97 Å². The van der Waals surface area contributed by atoms with E-state index in [2.05, 4.69) is 19.9 Å². The normalized spacial score (nSPS) is 12.8. The number of imidazole rings is 1. The SMILES string of the molecule is CC(Sc1nc2ccccc2[nH]1)c1nc2scc(-c3ccco3)c2c(=O)[nH]1. The molecule has 0 aliphatic rings. The van der Waals surface area contributed by atoms with Gasteiger partial charge in [-0.15, -0.1) is 11.3 Å². The van der Waals surface area contributed by atoms with Crippen LogP contribution in [0.1, 0.15) is 18.0 Å². The van der Waals surface area contributed by atoms with Crippen molar-refractivity contribution >= 4 is 44.3 Å². The van der Waals surface area contributed by atoms with Crippen LogP contribution in [-0.2, 0) is 0 Å². The topological polar surface area (TPSA) is 87.6 Å². The zero-order valence-electron chi connectivity index (χ0n) is 14.2. The highest BCUT2D eigenvalue weighted by Crippen LogP contribution is 2.35. The Bertz CT molecular complexity index is 1270. The highest BCUT2D eigenvalue weighted by atomic mass is 32.2. The number of para-hydroxylation sites is 2. The Labute approximate surface area is 161 Å². The van der Waals surface area contributed by atoms with Crippen molar-refractivity contribution in [2.24, 2.45) is 0 Å². The summed E-state index contributed by atoms with van der Waals surface area (Å²) in [5, 5.41) is 3.22. The lowest BCUT2D eigenvalue weighted by Gasteiger charge is -2.08. The summed E-state index contributed by atoms with van der Waals surface area (Å²) in [5.74, 6) is 1.30. The van der Waals surface area contributed by atoms with Gasteiger partial charge in [0.2, 0.25) is 0 Å². The molecule has 4 heterocycles. The number of thioether (sulfide) groups is 1. The molecule has 0 saturated heterocycles. The van der Waals surface area contributed by atoms with Gasteiger partial charge in [-0.2, -0.15) is 0 Å². The van der Waals surface area contributed by atoms with E-state index in [4.69, 9.17) is 4.42 Å². The molecule has 134 valence electrons. The van der Waals surface area contributed by atoms with Gasteiger partial charge in [-0.05, 0) is 31.2 Å². The maximum absolute atomic E-state index is 12.7. The van der Waals surface area contributed by atoms with Gasteiger partial charge in [0.15, 0.2) is 5.16 Å². The van der Waals surface area contributed by atoms with Gasteiger partial charge < -0.3 is 14.4 Å². The van der Waals surface area contributed by atoms with Gasteiger partial charge >= 0.3 is 0 Å². The average Bonchev–Trinajstić information content (AvgIpc) is 3.39. The summed E-state index contributed by atoms with van der Waals surface area (Å²) in [6.07, 6.45) is 1.60. The maximum Gasteiger partial charge on any atom is 0.260 e. The van der Waals surface area contributed by atoms with E-state index in [0.29, 0.717) is 21.8 Å². The second-order valence-corrected chi connectivity index (χ2v) is 8.26. The molecule has 1 aromatic carbocycles. The van der Waals surface area contributed by atoms with E-state index < -0.39 is 0 Å². The summed E-state index contributed by atoms with van der Waals surface area (Å²) < 4.78 is 5.44. The van der Waals surface area contributed by atoms with Crippen LogP contribution < -0.4 is 5.56 Å². The number of rotatable bonds is 4. The van der Waals surface area contributed by atoms with Crippen molar-refractivity contribution in [1.82, 2.24) is 19.9 Å². The number of nitrogens with one attached hydrogen (secondary N) is 2. The van der Waals surface area contributed by atoms with E-state index >= 15 is 0 Å². The second kappa shape index (κ2) is 6.40. The zero-order chi connectivity index (χ0) is 18.4. The predicted octanol–water partition coefficient (Wildman–Crippen LogP) is 4.97. The monoisotopic (exact) mass is 394 g/mol. The molecule has 5 rings (SSSR count). The minimum Gasteiger partial charge on any atom is -0.464 e. The Balaban J connectivity index is 1.50. The van der Waals surface area contributed by atoms with E-state index in [9.17, 15) is 4.79 Å². The van der Waals surface area contributed by atoms with Crippen LogP contribution in [0.5, 0.6) is 0 Å². The first kappa shape index (κ1) is 16.3. The standard InChI is InChI=1S/C19H14N4O2S2/c1-10(27-19-20-12-5-2-3-6-13(12)21-19)16-22-17(24)15-11(9-26-18(15)23-16)14-7-4-8-25-14/h2-10H,1H3,(H,20,21)(H,22,23,24). The van der Waals surface area contributed by atoms with Gasteiger partial charge in [0.05, 0.1) is 27.9 Å². The number of nitrogens with zero attached hydrogens (tertiary/aromatic N) is 2. The second-order valence-electron chi connectivity index (χ2n) is 6.08. The van der Waals surface area contributed by atoms with Crippen molar-refractivity contribution in [3.63, 3.8) is 0 Å². The molecule has 5 aromatic rings. The Morgan fingerprint density at radius 3 is 2.85 bits per heavy atom. The minimum absolute atomic E-state index is 0.0585. The lowest BCUT2D eigenvalue weighted by atomic mass is 10.2. The maximum atomic E-state index is 12.7. The highest BCUT2D eigenvalue weighted by Gasteiger charge is 2.18. The molecule has 0 bridgehead atoms. The van der Waals surface area contributed by atoms with Gasteiger partial charge in [0, 0.05) is 10.9 Å². The number of hydrogen-bond acceptors (Lipinski definition) is 6.